The average molecular weight is 598 g/mol. The first-order valence-corrected chi connectivity index (χ1v) is 14.1. The molecule has 2 N–H and O–H groups in total. The van der Waals surface area contributed by atoms with Gasteiger partial charge in [0.2, 0.25) is 5.91 Å². The molecule has 2 heterocycles. The predicted molar refractivity (Wildman–Crippen MR) is 154 cm³/mol. The molecule has 0 radical (unpaired) electrons. The van der Waals surface area contributed by atoms with Crippen LogP contribution in [-0.4, -0.2) is 44.5 Å². The summed E-state index contributed by atoms with van der Waals surface area (Å²) in [5.74, 6) is -0.578. The third-order valence-electron chi connectivity index (χ3n) is 7.44. The number of nitrogens with two attached hydrogens (primary N) is 1. The third-order valence-corrected chi connectivity index (χ3v) is 7.44. The van der Waals surface area contributed by atoms with Crippen LogP contribution in [0.5, 0.6) is 0 Å². The van der Waals surface area contributed by atoms with Crippen molar-refractivity contribution in [1.82, 2.24) is 19.6 Å². The number of hydrogen-bond acceptors (Lipinski definition) is 6. The first-order valence-electron chi connectivity index (χ1n) is 14.1. The van der Waals surface area contributed by atoms with Gasteiger partial charge in [-0.05, 0) is 56.0 Å². The van der Waals surface area contributed by atoms with Crippen LogP contribution in [-0.2, 0) is 17.5 Å². The maximum Gasteiger partial charge on any atom is 0.416 e. The second kappa shape index (κ2) is 13.7. The molecule has 1 unspecified atom stereocenters. The van der Waals surface area contributed by atoms with Crippen molar-refractivity contribution in [3.05, 3.63) is 93.2 Å². The van der Waals surface area contributed by atoms with E-state index in [9.17, 15) is 27.6 Å². The minimum Gasteiger partial charge on any atom is -0.370 e. The van der Waals surface area contributed by atoms with Crippen molar-refractivity contribution in [2.75, 3.05) is 13.1 Å². The number of alkyl halides is 3. The largest absolute Gasteiger partial charge is 0.416 e. The van der Waals surface area contributed by atoms with Crippen LogP contribution in [0.2, 0.25) is 0 Å². The number of carbonyl (C=O) groups excluding carboxylic acids is 2. The molecule has 0 aliphatic heterocycles. The normalized spacial score (nSPS) is 12.4. The second-order valence-corrected chi connectivity index (χ2v) is 10.5. The summed E-state index contributed by atoms with van der Waals surface area (Å²) in [6, 6.07) is 13.6. The van der Waals surface area contributed by atoms with E-state index in [-0.39, 0.29) is 42.3 Å². The lowest BCUT2D eigenvalue weighted by Gasteiger charge is -2.23. The summed E-state index contributed by atoms with van der Waals surface area (Å²) in [7, 11) is 0. The number of rotatable bonds is 13. The number of primary amides is 1. The molecular formula is C31H34F3N5O4. The fourth-order valence-electron chi connectivity index (χ4n) is 5.07. The van der Waals surface area contributed by atoms with Crippen molar-refractivity contribution >= 4 is 22.9 Å². The van der Waals surface area contributed by atoms with Crippen molar-refractivity contribution in [3.8, 4) is 0 Å². The summed E-state index contributed by atoms with van der Waals surface area (Å²) >= 11 is 0. The smallest absolute Gasteiger partial charge is 0.370 e. The van der Waals surface area contributed by atoms with E-state index < -0.39 is 23.6 Å². The molecule has 43 heavy (non-hydrogen) atoms. The number of unbranched alkanes of at least 4 members (excludes halogenated alkanes) is 1. The molecule has 4 aromatic rings. The number of fused-ring (bicyclic) bond motifs is 1. The Morgan fingerprint density at radius 2 is 1.74 bits per heavy atom. The Balaban J connectivity index is 1.50. The van der Waals surface area contributed by atoms with Crippen LogP contribution >= 0.6 is 0 Å². The third kappa shape index (κ3) is 7.68. The van der Waals surface area contributed by atoms with Gasteiger partial charge < -0.3 is 15.2 Å². The van der Waals surface area contributed by atoms with Crippen molar-refractivity contribution in [3.63, 3.8) is 0 Å². The van der Waals surface area contributed by atoms with Crippen LogP contribution in [0.3, 0.4) is 0 Å². The van der Waals surface area contributed by atoms with Gasteiger partial charge in [0, 0.05) is 31.0 Å². The van der Waals surface area contributed by atoms with E-state index in [1.165, 1.54) is 4.90 Å². The molecule has 0 saturated carbocycles. The van der Waals surface area contributed by atoms with Gasteiger partial charge in [0.1, 0.15) is 11.2 Å². The Morgan fingerprint density at radius 1 is 1.05 bits per heavy atom. The molecule has 228 valence electrons. The molecule has 0 aliphatic carbocycles. The van der Waals surface area contributed by atoms with Gasteiger partial charge in [-0.15, -0.1) is 0 Å². The van der Waals surface area contributed by atoms with Crippen molar-refractivity contribution in [1.29, 1.82) is 0 Å². The van der Waals surface area contributed by atoms with Crippen LogP contribution in [0.1, 0.15) is 77.9 Å². The van der Waals surface area contributed by atoms with Gasteiger partial charge in [-0.3, -0.25) is 19.0 Å². The number of benzene rings is 2. The summed E-state index contributed by atoms with van der Waals surface area (Å²) in [5.41, 5.74) is 5.93. The second-order valence-electron chi connectivity index (χ2n) is 10.5. The maximum absolute atomic E-state index is 13.6. The Kier molecular flexibility index (Phi) is 9.99. The highest BCUT2D eigenvalue weighted by Crippen LogP contribution is 2.30. The molecule has 0 saturated heterocycles. The lowest BCUT2D eigenvalue weighted by atomic mass is 9.97. The first kappa shape index (κ1) is 31.5. The molecule has 9 nitrogen and oxygen atoms in total. The summed E-state index contributed by atoms with van der Waals surface area (Å²) < 4.78 is 45.9. The lowest BCUT2D eigenvalue weighted by molar-refractivity contribution is -0.137. The van der Waals surface area contributed by atoms with E-state index in [4.69, 9.17) is 15.2 Å². The molecule has 4 rings (SSSR count). The van der Waals surface area contributed by atoms with Gasteiger partial charge >= 0.3 is 6.18 Å². The minimum absolute atomic E-state index is 0.0477. The Hall–Kier alpha value is -4.48. The predicted octanol–water partition coefficient (Wildman–Crippen LogP) is 5.44. The molecule has 0 fully saturated rings. The zero-order valence-electron chi connectivity index (χ0n) is 24.1. The van der Waals surface area contributed by atoms with Crippen LogP contribution in [0.4, 0.5) is 13.2 Å². The topological polar surface area (TPSA) is 124 Å². The zero-order chi connectivity index (χ0) is 31.1. The summed E-state index contributed by atoms with van der Waals surface area (Å²) in [6.45, 7) is 4.36. The van der Waals surface area contributed by atoms with E-state index in [0.29, 0.717) is 49.1 Å². The van der Waals surface area contributed by atoms with Crippen LogP contribution in [0.25, 0.3) is 11.1 Å². The zero-order valence-corrected chi connectivity index (χ0v) is 24.1. The highest BCUT2D eigenvalue weighted by atomic mass is 19.4. The lowest BCUT2D eigenvalue weighted by Crippen LogP contribution is -2.35. The van der Waals surface area contributed by atoms with E-state index in [1.54, 1.807) is 11.5 Å². The van der Waals surface area contributed by atoms with Gasteiger partial charge in [-0.1, -0.05) is 48.8 Å². The molecule has 1 atom stereocenters. The number of aryl methyl sites for hydroxylation is 1. The van der Waals surface area contributed by atoms with E-state index >= 15 is 0 Å². The van der Waals surface area contributed by atoms with Gasteiger partial charge in [-0.25, -0.2) is 0 Å². The maximum atomic E-state index is 13.6. The monoisotopic (exact) mass is 597 g/mol. The fourth-order valence-corrected chi connectivity index (χ4v) is 5.07. The number of halogens is 3. The molecule has 0 aliphatic rings. The summed E-state index contributed by atoms with van der Waals surface area (Å²) in [5, 5.41) is 4.29. The van der Waals surface area contributed by atoms with Crippen molar-refractivity contribution in [2.24, 2.45) is 5.73 Å². The first-order chi connectivity index (χ1) is 20.5. The quantitative estimate of drug-likeness (QED) is 0.205. The number of nitrogens with zero attached hydrogens (tertiary/aromatic N) is 4. The summed E-state index contributed by atoms with van der Waals surface area (Å²) in [6.07, 6.45) is -2.05. The molecule has 2 amide bonds. The van der Waals surface area contributed by atoms with Crippen LogP contribution < -0.4 is 11.3 Å². The number of carbonyl (C=O) groups is 2. The van der Waals surface area contributed by atoms with Gasteiger partial charge in [0.05, 0.1) is 17.8 Å². The molecular weight excluding hydrogens is 563 g/mol. The van der Waals surface area contributed by atoms with Crippen LogP contribution in [0, 0.1) is 6.92 Å². The van der Waals surface area contributed by atoms with Crippen molar-refractivity contribution < 1.29 is 27.3 Å². The van der Waals surface area contributed by atoms with E-state index in [1.807, 2.05) is 37.3 Å². The van der Waals surface area contributed by atoms with Gasteiger partial charge in [-0.2, -0.15) is 18.2 Å². The van der Waals surface area contributed by atoms with Gasteiger partial charge in [0.15, 0.2) is 0 Å². The average Bonchev–Trinajstić information content (AvgIpc) is 3.36. The Morgan fingerprint density at radius 3 is 2.37 bits per heavy atom. The Bertz CT molecular complexity index is 1610. The molecule has 12 heteroatoms. The van der Waals surface area contributed by atoms with Crippen molar-refractivity contribution in [2.45, 2.75) is 64.6 Å². The molecule has 2 aromatic carbocycles. The number of aromatic nitrogens is 3. The molecule has 2 aromatic heterocycles. The highest BCUT2D eigenvalue weighted by Gasteiger charge is 2.30. The standard InChI is InChI=1S/C31H34F3N5O4/c1-3-22(27-36-28-26(20(2)37-43-28)30(42)39(27)19-21-9-5-4-6-10-21)11-7-8-17-38(18-16-25(35)40)29(41)23-12-14-24(15-13-23)31(32,33)34/h4-6,9-10,12-15,22H,3,7-8,11,16-19H2,1-2H3,(H2,35,40). The number of hydrogen-bond donors (Lipinski definition) is 1. The summed E-state index contributed by atoms with van der Waals surface area (Å²) in [4.78, 5) is 44.3. The van der Waals surface area contributed by atoms with E-state index in [2.05, 4.69) is 5.16 Å². The SMILES string of the molecule is CCC(CCCCN(CCC(N)=O)C(=O)c1ccc(C(F)(F)F)cc1)c1nc2onc(C)c2c(=O)n1Cc1ccccc1. The van der Waals surface area contributed by atoms with E-state index in [0.717, 1.165) is 29.8 Å². The Labute approximate surface area is 246 Å². The van der Waals surface area contributed by atoms with Gasteiger partial charge in [0.25, 0.3) is 17.2 Å². The highest BCUT2D eigenvalue weighted by molar-refractivity contribution is 5.94. The molecule has 0 bridgehead atoms. The minimum atomic E-state index is -4.51. The number of amides is 2. The van der Waals surface area contributed by atoms with Crippen LogP contribution in [0.15, 0.2) is 63.9 Å². The molecule has 0 spiro atoms. The fraction of sp³-hybridized carbons (Fsp3) is 0.387.